The molecule has 5 heteroatoms. The SMILES string of the molecule is COc1ccc(/C=C/C(=O)NCCCn2cccc2)cc1OC. The van der Waals surface area contributed by atoms with E-state index in [1.165, 1.54) is 6.08 Å². The molecule has 23 heavy (non-hydrogen) atoms. The van der Waals surface area contributed by atoms with Crippen LogP contribution in [0.4, 0.5) is 0 Å². The summed E-state index contributed by atoms with van der Waals surface area (Å²) in [6.07, 6.45) is 8.20. The van der Waals surface area contributed by atoms with Gasteiger partial charge in [0.1, 0.15) is 0 Å². The quantitative estimate of drug-likeness (QED) is 0.602. The molecule has 1 aromatic heterocycles. The number of hydrogen-bond acceptors (Lipinski definition) is 3. The first-order chi connectivity index (χ1) is 11.2. The maximum Gasteiger partial charge on any atom is 0.244 e. The van der Waals surface area contributed by atoms with Crippen LogP contribution in [-0.4, -0.2) is 31.2 Å². The number of nitrogens with zero attached hydrogens (tertiary/aromatic N) is 1. The fourth-order valence-electron chi connectivity index (χ4n) is 2.18. The Labute approximate surface area is 136 Å². The van der Waals surface area contributed by atoms with Gasteiger partial charge in [0.25, 0.3) is 0 Å². The minimum Gasteiger partial charge on any atom is -0.493 e. The van der Waals surface area contributed by atoms with Crippen molar-refractivity contribution in [1.29, 1.82) is 0 Å². The van der Waals surface area contributed by atoms with E-state index in [4.69, 9.17) is 9.47 Å². The van der Waals surface area contributed by atoms with Gasteiger partial charge in [0, 0.05) is 31.6 Å². The Hall–Kier alpha value is -2.69. The van der Waals surface area contributed by atoms with Gasteiger partial charge in [0.15, 0.2) is 11.5 Å². The number of carbonyl (C=O) groups is 1. The van der Waals surface area contributed by atoms with Crippen molar-refractivity contribution in [2.45, 2.75) is 13.0 Å². The van der Waals surface area contributed by atoms with E-state index in [9.17, 15) is 4.79 Å². The molecule has 122 valence electrons. The smallest absolute Gasteiger partial charge is 0.244 e. The van der Waals surface area contributed by atoms with E-state index in [0.29, 0.717) is 18.0 Å². The van der Waals surface area contributed by atoms with E-state index < -0.39 is 0 Å². The lowest BCUT2D eigenvalue weighted by Gasteiger charge is -2.07. The van der Waals surface area contributed by atoms with Crippen molar-refractivity contribution in [2.24, 2.45) is 0 Å². The molecule has 0 saturated carbocycles. The van der Waals surface area contributed by atoms with E-state index in [2.05, 4.69) is 9.88 Å². The molecule has 1 N–H and O–H groups in total. The van der Waals surface area contributed by atoms with E-state index >= 15 is 0 Å². The molecular weight excluding hydrogens is 292 g/mol. The molecule has 2 rings (SSSR count). The van der Waals surface area contributed by atoms with Crippen LogP contribution in [0.3, 0.4) is 0 Å². The number of carbonyl (C=O) groups excluding carboxylic acids is 1. The van der Waals surface area contributed by atoms with Gasteiger partial charge in [-0.2, -0.15) is 0 Å². The number of nitrogens with one attached hydrogen (secondary N) is 1. The van der Waals surface area contributed by atoms with Gasteiger partial charge < -0.3 is 19.4 Å². The standard InChI is InChI=1S/C18H22N2O3/c1-22-16-8-6-15(14-17(16)23-2)7-9-18(21)19-10-5-13-20-11-3-4-12-20/h3-4,6-9,11-12,14H,5,10,13H2,1-2H3,(H,19,21)/b9-7+. The van der Waals surface area contributed by atoms with Gasteiger partial charge >= 0.3 is 0 Å². The zero-order valence-electron chi connectivity index (χ0n) is 13.5. The third kappa shape index (κ3) is 5.21. The molecule has 0 aliphatic heterocycles. The third-order valence-electron chi connectivity index (χ3n) is 3.39. The summed E-state index contributed by atoms with van der Waals surface area (Å²) >= 11 is 0. The maximum atomic E-state index is 11.8. The lowest BCUT2D eigenvalue weighted by atomic mass is 10.2. The first kappa shape index (κ1) is 16.7. The molecule has 1 aromatic carbocycles. The van der Waals surface area contributed by atoms with Gasteiger partial charge in [-0.15, -0.1) is 0 Å². The van der Waals surface area contributed by atoms with Crippen LogP contribution in [0.25, 0.3) is 6.08 Å². The Kier molecular flexibility index (Phi) is 6.29. The number of aryl methyl sites for hydroxylation is 1. The summed E-state index contributed by atoms with van der Waals surface area (Å²) in [6.45, 7) is 1.54. The molecule has 2 aromatic rings. The normalized spacial score (nSPS) is 10.7. The van der Waals surface area contributed by atoms with Crippen LogP contribution >= 0.6 is 0 Å². The molecule has 0 unspecified atom stereocenters. The average molecular weight is 314 g/mol. The Morgan fingerprint density at radius 3 is 2.61 bits per heavy atom. The zero-order chi connectivity index (χ0) is 16.5. The molecular formula is C18H22N2O3. The number of rotatable bonds is 8. The summed E-state index contributed by atoms with van der Waals surface area (Å²) in [5, 5.41) is 2.87. The summed E-state index contributed by atoms with van der Waals surface area (Å²) in [5.41, 5.74) is 0.880. The van der Waals surface area contributed by atoms with Crippen LogP contribution in [-0.2, 0) is 11.3 Å². The molecule has 1 heterocycles. The predicted molar refractivity (Wildman–Crippen MR) is 90.6 cm³/mol. The van der Waals surface area contributed by atoms with Gasteiger partial charge in [-0.25, -0.2) is 0 Å². The Morgan fingerprint density at radius 1 is 1.17 bits per heavy atom. The number of hydrogen-bond donors (Lipinski definition) is 1. The van der Waals surface area contributed by atoms with Crippen LogP contribution in [0.1, 0.15) is 12.0 Å². The van der Waals surface area contributed by atoms with Gasteiger partial charge in [0.2, 0.25) is 5.91 Å². The molecule has 0 fully saturated rings. The average Bonchev–Trinajstić information content (AvgIpc) is 3.10. The molecule has 0 bridgehead atoms. The highest BCUT2D eigenvalue weighted by Gasteiger charge is 2.03. The predicted octanol–water partition coefficient (Wildman–Crippen LogP) is 2.73. The number of benzene rings is 1. The van der Waals surface area contributed by atoms with E-state index in [1.807, 2.05) is 42.7 Å². The minimum absolute atomic E-state index is 0.104. The highest BCUT2D eigenvalue weighted by Crippen LogP contribution is 2.27. The molecule has 0 aliphatic rings. The van der Waals surface area contributed by atoms with E-state index in [1.54, 1.807) is 20.3 Å². The summed E-state index contributed by atoms with van der Waals surface area (Å²) in [5.74, 6) is 1.20. The van der Waals surface area contributed by atoms with Crippen molar-refractivity contribution in [3.8, 4) is 11.5 Å². The van der Waals surface area contributed by atoms with Crippen molar-refractivity contribution >= 4 is 12.0 Å². The lowest BCUT2D eigenvalue weighted by molar-refractivity contribution is -0.116. The third-order valence-corrected chi connectivity index (χ3v) is 3.39. The molecule has 5 nitrogen and oxygen atoms in total. The Morgan fingerprint density at radius 2 is 1.91 bits per heavy atom. The van der Waals surface area contributed by atoms with Crippen LogP contribution in [0.2, 0.25) is 0 Å². The first-order valence-corrected chi connectivity index (χ1v) is 7.51. The van der Waals surface area contributed by atoms with Crippen molar-refractivity contribution in [3.63, 3.8) is 0 Å². The van der Waals surface area contributed by atoms with Crippen LogP contribution in [0, 0.1) is 0 Å². The summed E-state index contributed by atoms with van der Waals surface area (Å²) < 4.78 is 12.5. The van der Waals surface area contributed by atoms with Crippen LogP contribution in [0.15, 0.2) is 48.8 Å². The van der Waals surface area contributed by atoms with Crippen molar-refractivity contribution < 1.29 is 14.3 Å². The van der Waals surface area contributed by atoms with Crippen molar-refractivity contribution in [2.75, 3.05) is 20.8 Å². The maximum absolute atomic E-state index is 11.8. The second kappa shape index (κ2) is 8.68. The highest BCUT2D eigenvalue weighted by atomic mass is 16.5. The van der Waals surface area contributed by atoms with E-state index in [0.717, 1.165) is 18.5 Å². The van der Waals surface area contributed by atoms with Crippen molar-refractivity contribution in [1.82, 2.24) is 9.88 Å². The second-order valence-electron chi connectivity index (χ2n) is 5.01. The number of ether oxygens (including phenoxy) is 2. The fraction of sp³-hybridized carbons (Fsp3) is 0.278. The van der Waals surface area contributed by atoms with Gasteiger partial charge in [-0.3, -0.25) is 4.79 Å². The summed E-state index contributed by atoms with van der Waals surface area (Å²) in [4.78, 5) is 11.8. The topological polar surface area (TPSA) is 52.5 Å². The van der Waals surface area contributed by atoms with Crippen molar-refractivity contribution in [3.05, 3.63) is 54.4 Å². The van der Waals surface area contributed by atoms with E-state index in [-0.39, 0.29) is 5.91 Å². The fourth-order valence-corrected chi connectivity index (χ4v) is 2.18. The summed E-state index contributed by atoms with van der Waals surface area (Å²) in [6, 6.07) is 9.49. The first-order valence-electron chi connectivity index (χ1n) is 7.51. The summed E-state index contributed by atoms with van der Waals surface area (Å²) in [7, 11) is 3.18. The second-order valence-corrected chi connectivity index (χ2v) is 5.01. The molecule has 0 saturated heterocycles. The molecule has 0 spiro atoms. The monoisotopic (exact) mass is 314 g/mol. The van der Waals surface area contributed by atoms with Crippen LogP contribution in [0.5, 0.6) is 11.5 Å². The minimum atomic E-state index is -0.104. The van der Waals surface area contributed by atoms with Gasteiger partial charge in [-0.05, 0) is 42.3 Å². The highest BCUT2D eigenvalue weighted by molar-refractivity contribution is 5.91. The largest absolute Gasteiger partial charge is 0.493 e. The number of methoxy groups -OCH3 is 2. The molecule has 1 amide bonds. The molecule has 0 aliphatic carbocycles. The Balaban J connectivity index is 1.79. The number of amides is 1. The van der Waals surface area contributed by atoms with Gasteiger partial charge in [0.05, 0.1) is 14.2 Å². The Bertz CT molecular complexity index is 648. The van der Waals surface area contributed by atoms with Crippen LogP contribution < -0.4 is 14.8 Å². The zero-order valence-corrected chi connectivity index (χ0v) is 13.5. The lowest BCUT2D eigenvalue weighted by Crippen LogP contribution is -2.22. The molecule has 0 radical (unpaired) electrons. The molecule has 0 atom stereocenters. The van der Waals surface area contributed by atoms with Gasteiger partial charge in [-0.1, -0.05) is 6.07 Å². The number of aromatic nitrogens is 1.